The molecule has 4 heterocycles. The van der Waals surface area contributed by atoms with Crippen molar-refractivity contribution < 1.29 is 4.42 Å². The molecule has 0 fully saturated rings. The Labute approximate surface area is 247 Å². The third-order valence-electron chi connectivity index (χ3n) is 9.25. The third kappa shape index (κ3) is 2.74. The predicted molar refractivity (Wildman–Crippen MR) is 179 cm³/mol. The van der Waals surface area contributed by atoms with E-state index in [1.807, 2.05) is 0 Å². The van der Waals surface area contributed by atoms with Gasteiger partial charge in [0.15, 0.2) is 5.58 Å². The number of nitrogens with zero attached hydrogens (tertiary/aromatic N) is 2. The van der Waals surface area contributed by atoms with Crippen LogP contribution >= 0.6 is 11.8 Å². The van der Waals surface area contributed by atoms with E-state index >= 15 is 0 Å². The van der Waals surface area contributed by atoms with Gasteiger partial charge in [-0.1, -0.05) is 72.8 Å². The molecule has 8 aromatic rings. The fourth-order valence-electron chi connectivity index (χ4n) is 7.58. The number of anilines is 3. The highest BCUT2D eigenvalue weighted by Gasteiger charge is 2.44. The van der Waals surface area contributed by atoms with E-state index in [4.69, 9.17) is 4.42 Å². The van der Waals surface area contributed by atoms with E-state index in [1.165, 1.54) is 54.4 Å². The SMILES string of the molecule is CSc1ccc2c(c1)c1cccc3c1n2B1c2ccccc2N(c2ccccc2)c2c1c-3cc1c2oc2ccccc21. The van der Waals surface area contributed by atoms with Crippen molar-refractivity contribution in [1.82, 2.24) is 4.48 Å². The minimum absolute atomic E-state index is 0.0128. The quantitative estimate of drug-likeness (QED) is 0.157. The third-order valence-corrected chi connectivity index (χ3v) is 9.97. The number of furan rings is 1. The largest absolute Gasteiger partial charge is 0.454 e. The number of fused-ring (bicyclic) bond motifs is 11. The van der Waals surface area contributed by atoms with Gasteiger partial charge < -0.3 is 13.8 Å². The standard InChI is InChI=1S/C37H23BN2OS/c1-42-23-18-19-31-27(20-23)25-13-9-14-26-28-21-29-24-12-5-8-17-33(24)41-37(29)36-34(28)38(40(31)35(25)26)30-15-6-7-16-32(30)39(36)22-10-3-2-4-11-22/h2-21H,1H3. The summed E-state index contributed by atoms with van der Waals surface area (Å²) in [7, 11) is 0. The summed E-state index contributed by atoms with van der Waals surface area (Å²) in [5.41, 5.74) is 13.1. The summed E-state index contributed by atoms with van der Waals surface area (Å²) in [5, 5.41) is 4.93. The maximum absolute atomic E-state index is 6.80. The van der Waals surface area contributed by atoms with Crippen LogP contribution in [-0.2, 0) is 0 Å². The van der Waals surface area contributed by atoms with Gasteiger partial charge in [0.25, 0.3) is 0 Å². The fourth-order valence-corrected chi connectivity index (χ4v) is 8.02. The van der Waals surface area contributed by atoms with Crippen LogP contribution in [0.15, 0.2) is 131 Å². The lowest BCUT2D eigenvalue weighted by molar-refractivity contribution is 0.669. The summed E-state index contributed by atoms with van der Waals surface area (Å²) in [6, 6.07) is 44.3. The van der Waals surface area contributed by atoms with Crippen molar-refractivity contribution in [3.05, 3.63) is 121 Å². The second-order valence-electron chi connectivity index (χ2n) is 11.2. The zero-order valence-electron chi connectivity index (χ0n) is 22.8. The molecule has 0 radical (unpaired) electrons. The van der Waals surface area contributed by atoms with Gasteiger partial charge in [0.05, 0.1) is 5.69 Å². The fraction of sp³-hybridized carbons (Fsp3) is 0.0270. The summed E-state index contributed by atoms with van der Waals surface area (Å²) in [6.45, 7) is 0.0128. The Bertz CT molecular complexity index is 2420. The average molecular weight is 554 g/mol. The Hall–Kier alpha value is -4.87. The zero-order valence-corrected chi connectivity index (χ0v) is 23.7. The lowest BCUT2D eigenvalue weighted by Crippen LogP contribution is -2.56. The van der Waals surface area contributed by atoms with Crippen LogP contribution in [0.4, 0.5) is 17.1 Å². The van der Waals surface area contributed by atoms with Crippen LogP contribution in [0.25, 0.3) is 54.9 Å². The minimum Gasteiger partial charge on any atom is -0.454 e. The van der Waals surface area contributed by atoms with E-state index in [9.17, 15) is 0 Å². The van der Waals surface area contributed by atoms with Gasteiger partial charge in [-0.15, -0.1) is 11.8 Å². The highest BCUT2D eigenvalue weighted by molar-refractivity contribution is 7.98. The molecule has 2 aromatic heterocycles. The Morgan fingerprint density at radius 1 is 0.667 bits per heavy atom. The Morgan fingerprint density at radius 2 is 1.48 bits per heavy atom. The van der Waals surface area contributed by atoms with Gasteiger partial charge in [0, 0.05) is 54.4 Å². The molecule has 0 saturated carbocycles. The average Bonchev–Trinajstić information content (AvgIpc) is 3.59. The Balaban J connectivity index is 1.46. The summed E-state index contributed by atoms with van der Waals surface area (Å²) in [5.74, 6) is 0. The highest BCUT2D eigenvalue weighted by Crippen LogP contribution is 2.49. The number of hydrogen-bond donors (Lipinski definition) is 0. The first-order chi connectivity index (χ1) is 20.8. The van der Waals surface area contributed by atoms with E-state index in [-0.39, 0.29) is 6.85 Å². The molecule has 0 bridgehead atoms. The molecule has 6 aromatic carbocycles. The molecule has 0 saturated heterocycles. The van der Waals surface area contributed by atoms with Gasteiger partial charge in [-0.2, -0.15) is 0 Å². The van der Waals surface area contributed by atoms with Gasteiger partial charge in [-0.05, 0) is 71.3 Å². The number of thioether (sulfide) groups is 1. The van der Waals surface area contributed by atoms with Gasteiger partial charge in [0.2, 0.25) is 0 Å². The molecule has 0 N–H and O–H groups in total. The van der Waals surface area contributed by atoms with E-state index in [2.05, 4.69) is 137 Å². The molecule has 0 atom stereocenters. The topological polar surface area (TPSA) is 21.3 Å². The zero-order chi connectivity index (χ0) is 27.5. The number of benzene rings is 6. The van der Waals surface area contributed by atoms with Crippen LogP contribution in [0.1, 0.15) is 0 Å². The lowest BCUT2D eigenvalue weighted by atomic mass is 9.45. The van der Waals surface area contributed by atoms with Gasteiger partial charge in [-0.3, -0.25) is 0 Å². The van der Waals surface area contributed by atoms with Crippen molar-refractivity contribution in [2.45, 2.75) is 4.90 Å². The summed E-state index contributed by atoms with van der Waals surface area (Å²) >= 11 is 1.80. The molecule has 10 rings (SSSR count). The predicted octanol–water partition coefficient (Wildman–Crippen LogP) is 8.83. The van der Waals surface area contributed by atoms with Crippen LogP contribution in [0.2, 0.25) is 0 Å². The second kappa shape index (κ2) is 8.12. The van der Waals surface area contributed by atoms with Crippen molar-refractivity contribution in [2.75, 3.05) is 11.2 Å². The molecule has 2 aliphatic rings. The maximum atomic E-state index is 6.80. The highest BCUT2D eigenvalue weighted by atomic mass is 32.2. The van der Waals surface area contributed by atoms with Crippen LogP contribution in [0, 0.1) is 0 Å². The maximum Gasteiger partial charge on any atom is 0.333 e. The van der Waals surface area contributed by atoms with Gasteiger partial charge in [0.1, 0.15) is 5.58 Å². The smallest absolute Gasteiger partial charge is 0.333 e. The van der Waals surface area contributed by atoms with E-state index in [0.717, 1.165) is 33.3 Å². The molecule has 0 spiro atoms. The first kappa shape index (κ1) is 22.8. The van der Waals surface area contributed by atoms with Crippen LogP contribution in [0.3, 0.4) is 0 Å². The van der Waals surface area contributed by atoms with Gasteiger partial charge >= 0.3 is 6.85 Å². The van der Waals surface area contributed by atoms with Crippen molar-refractivity contribution in [3.63, 3.8) is 0 Å². The molecule has 5 heteroatoms. The summed E-state index contributed by atoms with van der Waals surface area (Å²) < 4.78 is 9.40. The molecule has 2 aliphatic heterocycles. The van der Waals surface area contributed by atoms with E-state index in [0.29, 0.717) is 0 Å². The Kier molecular flexibility index (Phi) is 4.40. The molecule has 0 aliphatic carbocycles. The molecular formula is C37H23BN2OS. The van der Waals surface area contributed by atoms with Crippen LogP contribution in [-0.4, -0.2) is 17.6 Å². The number of hydrogen-bond acceptors (Lipinski definition) is 3. The molecule has 0 amide bonds. The molecular weight excluding hydrogens is 531 g/mol. The van der Waals surface area contributed by atoms with Gasteiger partial charge in [-0.25, -0.2) is 0 Å². The monoisotopic (exact) mass is 554 g/mol. The van der Waals surface area contributed by atoms with Crippen molar-refractivity contribution in [2.24, 2.45) is 0 Å². The van der Waals surface area contributed by atoms with Crippen molar-refractivity contribution >= 4 is 90.3 Å². The van der Waals surface area contributed by atoms with Crippen molar-refractivity contribution in [3.8, 4) is 11.1 Å². The molecule has 196 valence electrons. The second-order valence-corrected chi connectivity index (χ2v) is 12.1. The first-order valence-corrected chi connectivity index (χ1v) is 15.6. The normalized spacial score (nSPS) is 13.4. The molecule has 0 unspecified atom stereocenters. The van der Waals surface area contributed by atoms with Crippen LogP contribution in [0.5, 0.6) is 0 Å². The first-order valence-electron chi connectivity index (χ1n) is 14.3. The lowest BCUT2D eigenvalue weighted by Gasteiger charge is -2.40. The number of aromatic nitrogens is 1. The summed E-state index contributed by atoms with van der Waals surface area (Å²) in [6.07, 6.45) is 2.15. The van der Waals surface area contributed by atoms with E-state index < -0.39 is 0 Å². The molecule has 42 heavy (non-hydrogen) atoms. The molecule has 3 nitrogen and oxygen atoms in total. The van der Waals surface area contributed by atoms with Crippen LogP contribution < -0.4 is 15.8 Å². The van der Waals surface area contributed by atoms with E-state index in [1.54, 1.807) is 11.8 Å². The number of para-hydroxylation sites is 4. The summed E-state index contributed by atoms with van der Waals surface area (Å²) in [4.78, 5) is 3.71. The Morgan fingerprint density at radius 3 is 2.38 bits per heavy atom. The minimum atomic E-state index is 0.0128. The number of rotatable bonds is 2. The van der Waals surface area contributed by atoms with Crippen molar-refractivity contribution in [1.29, 1.82) is 0 Å².